The largest absolute Gasteiger partial charge is 0.322 e. The Morgan fingerprint density at radius 2 is 1.78 bits per heavy atom. The molecule has 6 nitrogen and oxygen atoms in total. The van der Waals surface area contributed by atoms with Crippen LogP contribution in [-0.4, -0.2) is 50.7 Å². The van der Waals surface area contributed by atoms with Crippen LogP contribution >= 0.6 is 0 Å². The molecule has 144 valence electrons. The minimum atomic E-state index is -3.58. The molecule has 7 heteroatoms. The summed E-state index contributed by atoms with van der Waals surface area (Å²) in [5.74, 6) is -0.320. The highest BCUT2D eigenvalue weighted by atomic mass is 32.2. The number of rotatable bonds is 6. The fourth-order valence-electron chi connectivity index (χ4n) is 3.16. The predicted molar refractivity (Wildman–Crippen MR) is 106 cm³/mol. The second-order valence-corrected chi connectivity index (χ2v) is 9.06. The number of nitrogens with zero attached hydrogens (tertiary/aromatic N) is 2. The smallest absolute Gasteiger partial charge is 0.255 e. The molecule has 0 radical (unpaired) electrons. The summed E-state index contributed by atoms with van der Waals surface area (Å²) in [4.78, 5) is 15.2. The molecule has 0 aliphatic carbocycles. The molecule has 2 aromatic rings. The summed E-state index contributed by atoms with van der Waals surface area (Å²) in [5, 5.41) is 2.93. The van der Waals surface area contributed by atoms with E-state index in [-0.39, 0.29) is 10.8 Å². The first-order valence-electron chi connectivity index (χ1n) is 9.02. The summed E-state index contributed by atoms with van der Waals surface area (Å²) in [7, 11) is -0.645. The summed E-state index contributed by atoms with van der Waals surface area (Å²) in [6.07, 6.45) is 2.42. The highest BCUT2D eigenvalue weighted by Gasteiger charge is 2.19. The van der Waals surface area contributed by atoms with Crippen molar-refractivity contribution in [2.45, 2.75) is 24.3 Å². The number of amides is 1. The van der Waals surface area contributed by atoms with Gasteiger partial charge in [0.1, 0.15) is 0 Å². The van der Waals surface area contributed by atoms with E-state index in [9.17, 15) is 13.2 Å². The minimum absolute atomic E-state index is 0.102. The molecule has 0 unspecified atom stereocenters. The van der Waals surface area contributed by atoms with E-state index in [1.807, 2.05) is 24.3 Å². The highest BCUT2D eigenvalue weighted by Crippen LogP contribution is 2.21. The van der Waals surface area contributed by atoms with Gasteiger partial charge in [-0.2, -0.15) is 0 Å². The third-order valence-corrected chi connectivity index (χ3v) is 6.54. The average molecular weight is 388 g/mol. The molecule has 1 aliphatic rings. The number of benzene rings is 2. The van der Waals surface area contributed by atoms with E-state index in [1.54, 1.807) is 12.1 Å². The number of hydrogen-bond donors (Lipinski definition) is 1. The van der Waals surface area contributed by atoms with Crippen LogP contribution in [0.5, 0.6) is 0 Å². The fraction of sp³-hybridized carbons (Fsp3) is 0.350. The number of nitrogens with one attached hydrogen (secondary N) is 1. The van der Waals surface area contributed by atoms with Crippen LogP contribution in [0.1, 0.15) is 28.8 Å². The average Bonchev–Trinajstić information content (AvgIpc) is 3.16. The van der Waals surface area contributed by atoms with Crippen LogP contribution in [0.2, 0.25) is 0 Å². The van der Waals surface area contributed by atoms with E-state index >= 15 is 0 Å². The van der Waals surface area contributed by atoms with Gasteiger partial charge in [-0.15, -0.1) is 0 Å². The number of sulfonamides is 1. The van der Waals surface area contributed by atoms with Crippen molar-refractivity contribution in [2.24, 2.45) is 0 Å². The Morgan fingerprint density at radius 3 is 2.48 bits per heavy atom. The number of para-hydroxylation sites is 1. The molecular weight excluding hydrogens is 362 g/mol. The highest BCUT2D eigenvalue weighted by molar-refractivity contribution is 7.89. The number of carbonyl (C=O) groups excluding carboxylic acids is 1. The van der Waals surface area contributed by atoms with E-state index in [4.69, 9.17) is 0 Å². The quantitative estimate of drug-likeness (QED) is 0.827. The van der Waals surface area contributed by atoms with Crippen LogP contribution in [0.3, 0.4) is 0 Å². The molecule has 1 heterocycles. The molecule has 0 atom stereocenters. The predicted octanol–water partition coefficient (Wildman–Crippen LogP) is 2.79. The number of hydrogen-bond acceptors (Lipinski definition) is 4. The molecule has 27 heavy (non-hydrogen) atoms. The van der Waals surface area contributed by atoms with Gasteiger partial charge in [0.25, 0.3) is 5.91 Å². The summed E-state index contributed by atoms with van der Waals surface area (Å²) in [5.41, 5.74) is 2.13. The van der Waals surface area contributed by atoms with Gasteiger partial charge in [-0.1, -0.05) is 24.3 Å². The molecule has 0 aromatic heterocycles. The van der Waals surface area contributed by atoms with Gasteiger partial charge in [0.15, 0.2) is 0 Å². The molecular formula is C20H25N3O3S. The normalized spacial score (nSPS) is 15.2. The van der Waals surface area contributed by atoms with Gasteiger partial charge >= 0.3 is 0 Å². The SMILES string of the molecule is CN(C)S(=O)(=O)c1cccc(C(=O)Nc2ccccc2CN2CCCC2)c1. The molecule has 1 saturated heterocycles. The van der Waals surface area contributed by atoms with E-state index in [2.05, 4.69) is 10.2 Å². The first-order chi connectivity index (χ1) is 12.9. The summed E-state index contributed by atoms with van der Waals surface area (Å²) < 4.78 is 25.7. The molecule has 2 aromatic carbocycles. The maximum Gasteiger partial charge on any atom is 0.255 e. The third kappa shape index (κ3) is 4.55. The monoisotopic (exact) mass is 387 g/mol. The van der Waals surface area contributed by atoms with Crippen LogP contribution in [0.15, 0.2) is 53.4 Å². The van der Waals surface area contributed by atoms with Crippen LogP contribution in [0.4, 0.5) is 5.69 Å². The Balaban J connectivity index is 1.80. The van der Waals surface area contributed by atoms with Crippen LogP contribution in [0.25, 0.3) is 0 Å². The van der Waals surface area contributed by atoms with Crippen molar-refractivity contribution in [1.82, 2.24) is 9.21 Å². The van der Waals surface area contributed by atoms with Crippen molar-refractivity contribution >= 4 is 21.6 Å². The molecule has 1 fully saturated rings. The second-order valence-electron chi connectivity index (χ2n) is 6.91. The lowest BCUT2D eigenvalue weighted by Gasteiger charge is -2.18. The summed E-state index contributed by atoms with van der Waals surface area (Å²) in [6.45, 7) is 2.95. The van der Waals surface area contributed by atoms with Gasteiger partial charge < -0.3 is 5.32 Å². The fourth-order valence-corrected chi connectivity index (χ4v) is 4.11. The lowest BCUT2D eigenvalue weighted by molar-refractivity contribution is 0.102. The van der Waals surface area contributed by atoms with E-state index in [0.717, 1.165) is 35.2 Å². The molecule has 0 saturated carbocycles. The van der Waals surface area contributed by atoms with Crippen molar-refractivity contribution in [3.05, 3.63) is 59.7 Å². The van der Waals surface area contributed by atoms with Crippen LogP contribution < -0.4 is 5.32 Å². The first kappa shape index (κ1) is 19.5. The van der Waals surface area contributed by atoms with Gasteiger partial charge in [-0.3, -0.25) is 9.69 Å². The standard InChI is InChI=1S/C20H25N3O3S/c1-22(2)27(25,26)18-10-7-9-16(14-18)20(24)21-19-11-4-3-8-17(19)15-23-12-5-6-13-23/h3-4,7-11,14H,5-6,12-13,15H2,1-2H3,(H,21,24). The maximum absolute atomic E-state index is 12.7. The van der Waals surface area contributed by atoms with Crippen LogP contribution in [-0.2, 0) is 16.6 Å². The van der Waals surface area contributed by atoms with Gasteiger partial charge in [0, 0.05) is 31.9 Å². The molecule has 3 rings (SSSR count). The Hall–Kier alpha value is -2.22. The Bertz CT molecular complexity index is 920. The summed E-state index contributed by atoms with van der Waals surface area (Å²) >= 11 is 0. The molecule has 1 amide bonds. The maximum atomic E-state index is 12.7. The van der Waals surface area contributed by atoms with Crippen molar-refractivity contribution in [3.63, 3.8) is 0 Å². The van der Waals surface area contributed by atoms with Gasteiger partial charge in [-0.05, 0) is 55.8 Å². The van der Waals surface area contributed by atoms with Crippen molar-refractivity contribution < 1.29 is 13.2 Å². The van der Waals surface area contributed by atoms with Crippen molar-refractivity contribution in [1.29, 1.82) is 0 Å². The molecule has 0 bridgehead atoms. The van der Waals surface area contributed by atoms with E-state index in [0.29, 0.717) is 5.56 Å². The zero-order valence-electron chi connectivity index (χ0n) is 15.7. The molecule has 1 N–H and O–H groups in total. The van der Waals surface area contributed by atoms with E-state index in [1.165, 1.54) is 39.1 Å². The first-order valence-corrected chi connectivity index (χ1v) is 10.5. The number of likely N-dealkylation sites (tertiary alicyclic amines) is 1. The second kappa shape index (κ2) is 8.21. The number of anilines is 1. The number of carbonyl (C=O) groups is 1. The lowest BCUT2D eigenvalue weighted by Crippen LogP contribution is -2.23. The third-order valence-electron chi connectivity index (χ3n) is 4.73. The Morgan fingerprint density at radius 1 is 1.07 bits per heavy atom. The Kier molecular flexibility index (Phi) is 5.94. The van der Waals surface area contributed by atoms with Gasteiger partial charge in [-0.25, -0.2) is 12.7 Å². The minimum Gasteiger partial charge on any atom is -0.322 e. The molecule has 1 aliphatic heterocycles. The van der Waals surface area contributed by atoms with Crippen molar-refractivity contribution in [2.75, 3.05) is 32.5 Å². The topological polar surface area (TPSA) is 69.7 Å². The van der Waals surface area contributed by atoms with Crippen molar-refractivity contribution in [3.8, 4) is 0 Å². The zero-order chi connectivity index (χ0) is 19.4. The van der Waals surface area contributed by atoms with E-state index < -0.39 is 10.0 Å². The lowest BCUT2D eigenvalue weighted by atomic mass is 10.1. The van der Waals surface area contributed by atoms with Gasteiger partial charge in [0.2, 0.25) is 10.0 Å². The van der Waals surface area contributed by atoms with Crippen LogP contribution in [0, 0.1) is 0 Å². The summed E-state index contributed by atoms with van der Waals surface area (Å²) in [6, 6.07) is 13.8. The zero-order valence-corrected chi connectivity index (χ0v) is 16.5. The Labute approximate surface area is 160 Å². The molecule has 0 spiro atoms. The van der Waals surface area contributed by atoms with Gasteiger partial charge in [0.05, 0.1) is 4.90 Å².